The maximum absolute atomic E-state index is 10.9. The Bertz CT molecular complexity index is 485. The van der Waals surface area contributed by atoms with Crippen molar-refractivity contribution in [3.63, 3.8) is 0 Å². The molecule has 1 heterocycles. The molecule has 1 saturated heterocycles. The molecule has 0 amide bonds. The van der Waals surface area contributed by atoms with Crippen LogP contribution in [0.4, 0.5) is 11.4 Å². The van der Waals surface area contributed by atoms with Crippen molar-refractivity contribution in [1.29, 1.82) is 0 Å². The maximum atomic E-state index is 10.9. The van der Waals surface area contributed by atoms with Gasteiger partial charge in [-0.1, -0.05) is 6.07 Å². The molecular formula is C15H23N3O3. The van der Waals surface area contributed by atoms with E-state index in [9.17, 15) is 10.1 Å². The zero-order valence-corrected chi connectivity index (χ0v) is 12.7. The highest BCUT2D eigenvalue weighted by molar-refractivity contribution is 5.62. The Labute approximate surface area is 125 Å². The van der Waals surface area contributed by atoms with Gasteiger partial charge in [0.1, 0.15) is 5.69 Å². The van der Waals surface area contributed by atoms with E-state index in [1.807, 2.05) is 19.1 Å². The minimum absolute atomic E-state index is 0.122. The fourth-order valence-corrected chi connectivity index (χ4v) is 2.77. The van der Waals surface area contributed by atoms with Crippen molar-refractivity contribution in [2.75, 3.05) is 32.1 Å². The molecule has 1 aromatic carbocycles. The smallest absolute Gasteiger partial charge is 0.292 e. The van der Waals surface area contributed by atoms with Crippen molar-refractivity contribution in [3.05, 3.63) is 33.9 Å². The molecule has 1 aliphatic heterocycles. The van der Waals surface area contributed by atoms with E-state index in [0.29, 0.717) is 11.8 Å². The third-order valence-corrected chi connectivity index (χ3v) is 3.87. The fourth-order valence-electron chi connectivity index (χ4n) is 2.77. The molecule has 1 N–H and O–H groups in total. The summed E-state index contributed by atoms with van der Waals surface area (Å²) in [5.41, 5.74) is 1.79. The first-order valence-corrected chi connectivity index (χ1v) is 7.43. The number of anilines is 1. The van der Waals surface area contributed by atoms with Crippen molar-refractivity contribution < 1.29 is 9.66 Å². The lowest BCUT2D eigenvalue weighted by atomic mass is 10.1. The Morgan fingerprint density at radius 2 is 2.14 bits per heavy atom. The van der Waals surface area contributed by atoms with Crippen LogP contribution in [0.15, 0.2) is 18.2 Å². The number of hydrogen-bond acceptors (Lipinski definition) is 5. The van der Waals surface area contributed by atoms with Crippen LogP contribution >= 0.6 is 0 Å². The predicted molar refractivity (Wildman–Crippen MR) is 82.6 cm³/mol. The number of nitro benzene ring substituents is 1. The standard InChI is InChI=1S/C15H23N3O3/c1-3-21-13-6-8-17(9-7-13)11-12-4-5-15(18(19)20)14(10-12)16-2/h4-5,10,13,16H,3,6-9,11H2,1-2H3. The highest BCUT2D eigenvalue weighted by Gasteiger charge is 2.20. The number of nitrogens with zero attached hydrogens (tertiary/aromatic N) is 2. The summed E-state index contributed by atoms with van der Waals surface area (Å²) in [5.74, 6) is 0. The Morgan fingerprint density at radius 1 is 1.43 bits per heavy atom. The summed E-state index contributed by atoms with van der Waals surface area (Å²) >= 11 is 0. The molecule has 1 aliphatic rings. The largest absolute Gasteiger partial charge is 0.383 e. The molecule has 0 aliphatic carbocycles. The molecule has 1 fully saturated rings. The van der Waals surface area contributed by atoms with Gasteiger partial charge in [-0.05, 0) is 31.4 Å². The average Bonchev–Trinajstić information content (AvgIpc) is 2.49. The second-order valence-electron chi connectivity index (χ2n) is 5.29. The summed E-state index contributed by atoms with van der Waals surface area (Å²) in [4.78, 5) is 12.9. The number of ether oxygens (including phenoxy) is 1. The van der Waals surface area contributed by atoms with Gasteiger partial charge in [0.25, 0.3) is 5.69 Å². The molecule has 0 aromatic heterocycles. The topological polar surface area (TPSA) is 67.6 Å². The van der Waals surface area contributed by atoms with Crippen molar-refractivity contribution >= 4 is 11.4 Å². The molecule has 0 radical (unpaired) electrons. The SMILES string of the molecule is CCOC1CCN(Cc2ccc([N+](=O)[O-])c(NC)c2)CC1. The van der Waals surface area contributed by atoms with E-state index in [1.54, 1.807) is 13.1 Å². The van der Waals surface area contributed by atoms with Gasteiger partial charge in [0, 0.05) is 39.4 Å². The second-order valence-corrected chi connectivity index (χ2v) is 5.29. The van der Waals surface area contributed by atoms with Crippen LogP contribution in [0.1, 0.15) is 25.3 Å². The van der Waals surface area contributed by atoms with E-state index in [2.05, 4.69) is 10.2 Å². The van der Waals surface area contributed by atoms with Gasteiger partial charge in [-0.2, -0.15) is 0 Å². The zero-order valence-electron chi connectivity index (χ0n) is 12.7. The number of rotatable bonds is 6. The van der Waals surface area contributed by atoms with Gasteiger partial charge in [0.2, 0.25) is 0 Å². The van der Waals surface area contributed by atoms with Crippen molar-refractivity contribution in [1.82, 2.24) is 4.90 Å². The Kier molecular flexibility index (Phi) is 5.52. The Hall–Kier alpha value is -1.66. The number of nitro groups is 1. The lowest BCUT2D eigenvalue weighted by molar-refractivity contribution is -0.384. The molecule has 21 heavy (non-hydrogen) atoms. The van der Waals surface area contributed by atoms with Crippen molar-refractivity contribution in [2.45, 2.75) is 32.4 Å². The number of piperidine rings is 1. The quantitative estimate of drug-likeness (QED) is 0.645. The van der Waals surface area contributed by atoms with E-state index in [4.69, 9.17) is 4.74 Å². The minimum atomic E-state index is -0.358. The highest BCUT2D eigenvalue weighted by atomic mass is 16.6. The maximum Gasteiger partial charge on any atom is 0.292 e. The summed E-state index contributed by atoms with van der Waals surface area (Å²) in [5, 5.41) is 13.8. The molecule has 116 valence electrons. The normalized spacial score (nSPS) is 16.9. The average molecular weight is 293 g/mol. The third-order valence-electron chi connectivity index (χ3n) is 3.87. The van der Waals surface area contributed by atoms with Crippen LogP contribution in [0.2, 0.25) is 0 Å². The zero-order chi connectivity index (χ0) is 15.2. The monoisotopic (exact) mass is 293 g/mol. The molecule has 6 heteroatoms. The number of hydrogen-bond donors (Lipinski definition) is 1. The van der Waals surface area contributed by atoms with Crippen LogP contribution < -0.4 is 5.32 Å². The molecule has 0 unspecified atom stereocenters. The van der Waals surface area contributed by atoms with Crippen LogP contribution in [0.5, 0.6) is 0 Å². The molecule has 6 nitrogen and oxygen atoms in total. The molecule has 0 atom stereocenters. The summed E-state index contributed by atoms with van der Waals surface area (Å²) in [7, 11) is 1.71. The van der Waals surface area contributed by atoms with Gasteiger partial charge in [0.05, 0.1) is 11.0 Å². The fraction of sp³-hybridized carbons (Fsp3) is 0.600. The summed E-state index contributed by atoms with van der Waals surface area (Å²) in [6.45, 7) is 5.65. The highest BCUT2D eigenvalue weighted by Crippen LogP contribution is 2.26. The van der Waals surface area contributed by atoms with E-state index in [0.717, 1.165) is 44.6 Å². The first-order chi connectivity index (χ1) is 10.1. The van der Waals surface area contributed by atoms with E-state index in [-0.39, 0.29) is 10.6 Å². The van der Waals surface area contributed by atoms with E-state index < -0.39 is 0 Å². The molecule has 2 rings (SSSR count). The molecular weight excluding hydrogens is 270 g/mol. The number of likely N-dealkylation sites (tertiary alicyclic amines) is 1. The summed E-state index contributed by atoms with van der Waals surface area (Å²) < 4.78 is 5.65. The first-order valence-electron chi connectivity index (χ1n) is 7.43. The van der Waals surface area contributed by atoms with Crippen LogP contribution in [-0.2, 0) is 11.3 Å². The van der Waals surface area contributed by atoms with Gasteiger partial charge in [0.15, 0.2) is 0 Å². The Balaban J connectivity index is 1.96. The van der Waals surface area contributed by atoms with Crippen LogP contribution in [0.3, 0.4) is 0 Å². The van der Waals surface area contributed by atoms with Gasteiger partial charge in [-0.15, -0.1) is 0 Å². The van der Waals surface area contributed by atoms with Gasteiger partial charge < -0.3 is 10.1 Å². The molecule has 0 spiro atoms. The van der Waals surface area contributed by atoms with E-state index >= 15 is 0 Å². The van der Waals surface area contributed by atoms with E-state index in [1.165, 1.54) is 0 Å². The summed E-state index contributed by atoms with van der Waals surface area (Å²) in [6.07, 6.45) is 2.50. The number of nitrogens with one attached hydrogen (secondary N) is 1. The van der Waals surface area contributed by atoms with Gasteiger partial charge in [-0.3, -0.25) is 15.0 Å². The van der Waals surface area contributed by atoms with Gasteiger partial charge >= 0.3 is 0 Å². The summed E-state index contributed by atoms with van der Waals surface area (Å²) in [6, 6.07) is 5.29. The lowest BCUT2D eigenvalue weighted by Crippen LogP contribution is -2.36. The molecule has 0 bridgehead atoms. The van der Waals surface area contributed by atoms with Crippen LogP contribution in [-0.4, -0.2) is 42.7 Å². The predicted octanol–water partition coefficient (Wildman–Crippen LogP) is 2.64. The minimum Gasteiger partial charge on any atom is -0.383 e. The van der Waals surface area contributed by atoms with Crippen LogP contribution in [0.25, 0.3) is 0 Å². The number of benzene rings is 1. The van der Waals surface area contributed by atoms with Crippen LogP contribution in [0, 0.1) is 10.1 Å². The lowest BCUT2D eigenvalue weighted by Gasteiger charge is -2.31. The van der Waals surface area contributed by atoms with Crippen molar-refractivity contribution in [3.8, 4) is 0 Å². The molecule has 1 aromatic rings. The first kappa shape index (κ1) is 15.7. The van der Waals surface area contributed by atoms with Gasteiger partial charge in [-0.25, -0.2) is 0 Å². The van der Waals surface area contributed by atoms with Crippen molar-refractivity contribution in [2.24, 2.45) is 0 Å². The second kappa shape index (κ2) is 7.38. The third kappa shape index (κ3) is 4.15. The molecule has 0 saturated carbocycles. The Morgan fingerprint density at radius 3 is 2.71 bits per heavy atom.